The molecule has 6 N–H and O–H groups in total. The highest BCUT2D eigenvalue weighted by molar-refractivity contribution is 7.52. The fourth-order valence-corrected chi connectivity index (χ4v) is 5.68. The number of rotatable bonds is 11. The van der Waals surface area contributed by atoms with Gasteiger partial charge in [-0.05, 0) is 24.4 Å². The number of aliphatic hydroxyl groups excluding tert-OH is 2. The molecule has 2 aliphatic rings. The van der Waals surface area contributed by atoms with Crippen LogP contribution in [0.25, 0.3) is 11.0 Å². The third-order valence-corrected chi connectivity index (χ3v) is 7.96. The van der Waals surface area contributed by atoms with E-state index in [0.717, 1.165) is 32.8 Å². The molecule has 4 rings (SSSR count). The predicted molar refractivity (Wildman–Crippen MR) is 127 cm³/mol. The normalized spacial score (nSPS) is 26.5. The average molecular weight is 566 g/mol. The van der Waals surface area contributed by atoms with E-state index in [-0.39, 0.29) is 17.0 Å². The summed E-state index contributed by atoms with van der Waals surface area (Å²) in [5.74, 6) is -1.16. The Kier molecular flexibility index (Phi) is 8.68. The van der Waals surface area contributed by atoms with Crippen LogP contribution >= 0.6 is 19.2 Å². The molecule has 0 aromatic carbocycles. The number of ether oxygens (including phenoxy) is 3. The quantitative estimate of drug-likeness (QED) is 0.157. The van der Waals surface area contributed by atoms with Crippen LogP contribution in [0.1, 0.15) is 31.9 Å². The van der Waals surface area contributed by atoms with Crippen molar-refractivity contribution in [1.82, 2.24) is 19.7 Å². The van der Waals surface area contributed by atoms with Gasteiger partial charge in [0.15, 0.2) is 18.0 Å². The Bertz CT molecular complexity index is 1160. The zero-order valence-electron chi connectivity index (χ0n) is 19.8. The van der Waals surface area contributed by atoms with Gasteiger partial charge in [0.05, 0.1) is 24.8 Å². The Hall–Kier alpha value is -1.94. The van der Waals surface area contributed by atoms with Crippen molar-refractivity contribution in [3.05, 3.63) is 11.5 Å². The van der Waals surface area contributed by atoms with Gasteiger partial charge >= 0.3 is 13.6 Å². The Morgan fingerprint density at radius 1 is 1.30 bits per heavy atom. The van der Waals surface area contributed by atoms with Crippen LogP contribution in [0.3, 0.4) is 0 Å². The van der Waals surface area contributed by atoms with E-state index in [0.29, 0.717) is 11.2 Å². The zero-order chi connectivity index (χ0) is 26.9. The number of nitrogens with one attached hydrogen (secondary N) is 1. The van der Waals surface area contributed by atoms with Gasteiger partial charge in [0.1, 0.15) is 29.8 Å². The number of halogens is 1. The first-order chi connectivity index (χ1) is 17.5. The maximum atomic E-state index is 11.8. The number of methoxy groups -OCH3 is 1. The lowest BCUT2D eigenvalue weighted by Crippen LogP contribution is -2.42. The average Bonchev–Trinajstić information content (AvgIpc) is 3.54. The van der Waals surface area contributed by atoms with Crippen LogP contribution in [0.2, 0.25) is 5.28 Å². The van der Waals surface area contributed by atoms with Crippen LogP contribution < -0.4 is 5.32 Å². The Morgan fingerprint density at radius 2 is 2.00 bits per heavy atom. The van der Waals surface area contributed by atoms with Crippen LogP contribution in [0, 0.1) is 0 Å². The molecular weight excluding hydrogens is 537 g/mol. The summed E-state index contributed by atoms with van der Waals surface area (Å²) in [7, 11) is -3.76. The van der Waals surface area contributed by atoms with Gasteiger partial charge in [-0.15, -0.1) is 0 Å². The minimum Gasteiger partial charge on any atom is -0.479 e. The maximum absolute atomic E-state index is 11.8. The molecule has 2 aromatic heterocycles. The monoisotopic (exact) mass is 565 g/mol. The second kappa shape index (κ2) is 11.4. The number of anilines is 1. The highest BCUT2D eigenvalue weighted by atomic mass is 35.5. The van der Waals surface area contributed by atoms with Crippen molar-refractivity contribution >= 4 is 42.0 Å². The highest BCUT2D eigenvalue weighted by Crippen LogP contribution is 2.44. The smallest absolute Gasteiger partial charge is 0.334 e. The number of nitrogens with zero attached hydrogens (tertiary/aromatic N) is 4. The van der Waals surface area contributed by atoms with Gasteiger partial charge in [-0.3, -0.25) is 4.57 Å². The summed E-state index contributed by atoms with van der Waals surface area (Å²) in [6, 6.07) is 0.228. The molecule has 0 bridgehead atoms. The molecule has 206 valence electrons. The molecule has 3 heterocycles. The van der Waals surface area contributed by atoms with E-state index < -0.39 is 63.1 Å². The van der Waals surface area contributed by atoms with E-state index in [1.54, 1.807) is 0 Å². The van der Waals surface area contributed by atoms with Gasteiger partial charge in [-0.1, -0.05) is 12.8 Å². The Morgan fingerprint density at radius 3 is 2.62 bits per heavy atom. The first-order valence-electron chi connectivity index (χ1n) is 11.6. The van der Waals surface area contributed by atoms with Crippen molar-refractivity contribution < 1.29 is 48.7 Å². The molecule has 2 aromatic rings. The molecular formula is C20H29ClN5O10P. The number of aromatic nitrogens is 4. The summed E-state index contributed by atoms with van der Waals surface area (Å²) < 4.78 is 28.8. The molecule has 1 saturated carbocycles. The molecule has 1 saturated heterocycles. The molecule has 37 heavy (non-hydrogen) atoms. The van der Waals surface area contributed by atoms with Gasteiger partial charge in [-0.2, -0.15) is 15.1 Å². The molecule has 2 unspecified atom stereocenters. The first-order valence-corrected chi connectivity index (χ1v) is 13.6. The van der Waals surface area contributed by atoms with E-state index >= 15 is 0 Å². The molecule has 1 aliphatic carbocycles. The van der Waals surface area contributed by atoms with Crippen molar-refractivity contribution in [2.45, 2.75) is 68.0 Å². The minimum atomic E-state index is -4.92. The topological polar surface area (TPSA) is 219 Å². The summed E-state index contributed by atoms with van der Waals surface area (Å²) >= 11 is 6.14. The van der Waals surface area contributed by atoms with E-state index in [9.17, 15) is 34.5 Å². The van der Waals surface area contributed by atoms with Crippen LogP contribution in [0.5, 0.6) is 0 Å². The molecule has 2 fully saturated rings. The van der Waals surface area contributed by atoms with Gasteiger partial charge in [0.2, 0.25) is 5.28 Å². The fraction of sp³-hybridized carbons (Fsp3) is 0.700. The zero-order valence-corrected chi connectivity index (χ0v) is 21.4. The second-order valence-corrected chi connectivity index (χ2v) is 11.2. The molecule has 17 heteroatoms. The van der Waals surface area contributed by atoms with E-state index in [1.807, 2.05) is 0 Å². The predicted octanol–water partition coefficient (Wildman–Crippen LogP) is 0.116. The highest BCUT2D eigenvalue weighted by Gasteiger charge is 2.47. The van der Waals surface area contributed by atoms with Crippen molar-refractivity contribution in [1.29, 1.82) is 0 Å². The van der Waals surface area contributed by atoms with E-state index in [4.69, 9.17) is 25.8 Å². The SMILES string of the molecule is COCC(C(OC[C@H]1O[C@@H](n2ncc3c(NC4CCCC4)nc(Cl)nc32)[C@H](O)[C@@H]1O)C(=O)O)P(=O)(O)O. The number of fused-ring (bicyclic) bond motifs is 1. The lowest BCUT2D eigenvalue weighted by Gasteiger charge is -2.25. The van der Waals surface area contributed by atoms with Gasteiger partial charge < -0.3 is 44.6 Å². The number of carboxylic acids is 1. The lowest BCUT2D eigenvalue weighted by atomic mass is 10.1. The van der Waals surface area contributed by atoms with Crippen molar-refractivity contribution in [3.8, 4) is 0 Å². The van der Waals surface area contributed by atoms with Crippen LogP contribution in [-0.4, -0.2) is 107 Å². The minimum absolute atomic E-state index is 0.0615. The summed E-state index contributed by atoms with van der Waals surface area (Å²) in [6.07, 6.45) is -1.86. The Balaban J connectivity index is 1.53. The standard InChI is InChI=1S/C20H29ClN5O10P/c1-34-8-12(37(31,32)33)15(19(29)30)35-7-11-13(27)14(28)18(36-11)26-17-10(6-22-26)16(24-20(21)25-17)23-9-4-2-3-5-9/h6,9,11-15,18,27-28H,2-5,7-8H2,1H3,(H,29,30)(H,23,24,25)(H2,31,32,33)/t11-,12?,13-,14-,15?,18-/m1/s1. The van der Waals surface area contributed by atoms with Gasteiger partial charge in [-0.25, -0.2) is 9.48 Å². The fourth-order valence-electron chi connectivity index (χ4n) is 4.60. The van der Waals surface area contributed by atoms with Crippen molar-refractivity contribution in [2.75, 3.05) is 25.6 Å². The van der Waals surface area contributed by atoms with Crippen LogP contribution in [0.4, 0.5) is 5.82 Å². The van der Waals surface area contributed by atoms with Crippen LogP contribution in [0.15, 0.2) is 6.20 Å². The second-order valence-electron chi connectivity index (χ2n) is 9.04. The summed E-state index contributed by atoms with van der Waals surface area (Å²) in [6.45, 7) is -1.19. The molecule has 0 radical (unpaired) electrons. The summed E-state index contributed by atoms with van der Waals surface area (Å²) in [5.41, 5.74) is -1.56. The largest absolute Gasteiger partial charge is 0.479 e. The van der Waals surface area contributed by atoms with Gasteiger partial charge in [0, 0.05) is 13.2 Å². The molecule has 0 spiro atoms. The van der Waals surface area contributed by atoms with Crippen LogP contribution in [-0.2, 0) is 23.6 Å². The van der Waals surface area contributed by atoms with Gasteiger partial charge in [0.25, 0.3) is 0 Å². The molecule has 0 amide bonds. The number of carbonyl (C=O) groups is 1. The first kappa shape index (κ1) is 28.1. The molecule has 15 nitrogen and oxygen atoms in total. The summed E-state index contributed by atoms with van der Waals surface area (Å²) in [4.78, 5) is 39.2. The van der Waals surface area contributed by atoms with Crippen molar-refractivity contribution in [2.24, 2.45) is 0 Å². The van der Waals surface area contributed by atoms with Crippen molar-refractivity contribution in [3.63, 3.8) is 0 Å². The number of hydrogen-bond donors (Lipinski definition) is 6. The lowest BCUT2D eigenvalue weighted by molar-refractivity contribution is -0.156. The number of carboxylic acid groups (broad SMARTS) is 1. The number of aliphatic carboxylic acids is 1. The van der Waals surface area contributed by atoms with E-state index in [1.165, 1.54) is 10.9 Å². The Labute approximate surface area is 215 Å². The molecule has 6 atom stereocenters. The van der Waals surface area contributed by atoms with E-state index in [2.05, 4.69) is 20.4 Å². The molecule has 1 aliphatic heterocycles. The maximum Gasteiger partial charge on any atom is 0.334 e. The number of hydrogen-bond acceptors (Lipinski definition) is 11. The third kappa shape index (κ3) is 6.05. The third-order valence-electron chi connectivity index (χ3n) is 6.50. The summed E-state index contributed by atoms with van der Waals surface area (Å²) in [5, 5.41) is 38.8. The number of aliphatic hydroxyl groups is 2.